The first-order chi connectivity index (χ1) is 14.0. The Morgan fingerprint density at radius 2 is 1.97 bits per heavy atom. The van der Waals surface area contributed by atoms with E-state index < -0.39 is 6.10 Å². The monoisotopic (exact) mass is 403 g/mol. The molecule has 0 amide bonds. The molecule has 2 aromatic carbocycles. The maximum absolute atomic E-state index is 13.0. The second kappa shape index (κ2) is 9.71. The summed E-state index contributed by atoms with van der Waals surface area (Å²) in [4.78, 5) is 14.0. The molecule has 1 aliphatic heterocycles. The summed E-state index contributed by atoms with van der Waals surface area (Å²) in [6, 6.07) is 11.1. The topological polar surface area (TPSA) is 68.2 Å². The van der Waals surface area contributed by atoms with Crippen LogP contribution in [0.25, 0.3) is 0 Å². The predicted molar refractivity (Wildman–Crippen MR) is 106 cm³/mol. The van der Waals surface area contributed by atoms with Crippen molar-refractivity contribution in [1.29, 1.82) is 0 Å². The van der Waals surface area contributed by atoms with E-state index in [-0.39, 0.29) is 24.3 Å². The van der Waals surface area contributed by atoms with Gasteiger partial charge in [0.25, 0.3) is 0 Å². The Kier molecular flexibility index (Phi) is 7.06. The molecule has 2 aromatic rings. The van der Waals surface area contributed by atoms with Gasteiger partial charge < -0.3 is 19.3 Å². The Labute approximate surface area is 169 Å². The van der Waals surface area contributed by atoms with Crippen molar-refractivity contribution in [3.63, 3.8) is 0 Å². The van der Waals surface area contributed by atoms with Gasteiger partial charge >= 0.3 is 0 Å². The van der Waals surface area contributed by atoms with Gasteiger partial charge in [-0.05, 0) is 49.7 Å². The number of aliphatic hydroxyl groups is 1. The zero-order valence-electron chi connectivity index (χ0n) is 16.6. The Morgan fingerprint density at radius 1 is 1.24 bits per heavy atom. The zero-order valence-corrected chi connectivity index (χ0v) is 16.6. The van der Waals surface area contributed by atoms with E-state index in [1.807, 2.05) is 0 Å². The molecule has 0 aromatic heterocycles. The first-order valence-corrected chi connectivity index (χ1v) is 9.59. The van der Waals surface area contributed by atoms with Gasteiger partial charge in [-0.1, -0.05) is 6.07 Å². The molecule has 0 saturated carbocycles. The van der Waals surface area contributed by atoms with Crippen LogP contribution in [-0.4, -0.2) is 61.3 Å². The Balaban J connectivity index is 1.49. The van der Waals surface area contributed by atoms with Crippen LogP contribution in [0.4, 0.5) is 4.39 Å². The minimum atomic E-state index is -0.717. The van der Waals surface area contributed by atoms with E-state index >= 15 is 0 Å². The third-order valence-electron chi connectivity index (χ3n) is 4.81. The number of halogens is 1. The van der Waals surface area contributed by atoms with Gasteiger partial charge in [0.1, 0.15) is 47.4 Å². The van der Waals surface area contributed by atoms with Crippen LogP contribution in [-0.2, 0) is 0 Å². The first-order valence-electron chi connectivity index (χ1n) is 9.59. The van der Waals surface area contributed by atoms with E-state index in [9.17, 15) is 14.3 Å². The number of Topliss-reactive ketones (excluding diaryl/α,β-unsaturated/α-hetero) is 1. The van der Waals surface area contributed by atoms with Gasteiger partial charge in [0.05, 0.1) is 7.11 Å². The second-order valence-electron chi connectivity index (χ2n) is 7.10. The average Bonchev–Trinajstić information content (AvgIpc) is 3.14. The number of carbonyl (C=O) groups excluding carboxylic acids is 1. The van der Waals surface area contributed by atoms with Gasteiger partial charge in [-0.25, -0.2) is 4.39 Å². The number of nitrogens with zero attached hydrogens (tertiary/aromatic N) is 1. The molecule has 156 valence electrons. The van der Waals surface area contributed by atoms with E-state index in [2.05, 4.69) is 4.90 Å². The molecule has 1 saturated heterocycles. The van der Waals surface area contributed by atoms with E-state index in [4.69, 9.17) is 14.2 Å². The molecule has 1 heterocycles. The zero-order chi connectivity index (χ0) is 20.8. The Bertz CT molecular complexity index is 826. The minimum absolute atomic E-state index is 0.00344. The number of likely N-dealkylation sites (tertiary alicyclic amines) is 1. The molecule has 0 aliphatic carbocycles. The summed E-state index contributed by atoms with van der Waals surface area (Å²) in [5.41, 5.74) is 0.371. The van der Waals surface area contributed by atoms with Crippen LogP contribution in [0.15, 0.2) is 42.5 Å². The van der Waals surface area contributed by atoms with Crippen molar-refractivity contribution in [3.8, 4) is 17.2 Å². The highest BCUT2D eigenvalue weighted by atomic mass is 19.1. The number of rotatable bonds is 9. The van der Waals surface area contributed by atoms with E-state index in [0.717, 1.165) is 13.0 Å². The molecular formula is C22H26FNO5. The van der Waals surface area contributed by atoms with Crippen molar-refractivity contribution in [2.24, 2.45) is 0 Å². The van der Waals surface area contributed by atoms with Gasteiger partial charge in [-0.15, -0.1) is 0 Å². The molecule has 0 spiro atoms. The van der Waals surface area contributed by atoms with Crippen LogP contribution in [0.5, 0.6) is 17.2 Å². The maximum atomic E-state index is 13.0. The summed E-state index contributed by atoms with van der Waals surface area (Å²) in [6.45, 7) is 3.41. The number of β-amino-alcohol motifs (C(OH)–C–C–N with tert-alkyl or cyclic N) is 1. The van der Waals surface area contributed by atoms with Crippen molar-refractivity contribution in [3.05, 3.63) is 53.8 Å². The summed E-state index contributed by atoms with van der Waals surface area (Å²) in [5, 5.41) is 10.4. The van der Waals surface area contributed by atoms with E-state index in [0.29, 0.717) is 35.9 Å². The average molecular weight is 403 g/mol. The smallest absolute Gasteiger partial charge is 0.167 e. The summed E-state index contributed by atoms with van der Waals surface area (Å²) >= 11 is 0. The fraction of sp³-hybridized carbons (Fsp3) is 0.409. The highest BCUT2D eigenvalue weighted by molar-refractivity contribution is 5.99. The predicted octanol–water partition coefficient (Wildman–Crippen LogP) is 2.93. The van der Waals surface area contributed by atoms with Crippen LogP contribution < -0.4 is 14.2 Å². The number of methoxy groups -OCH3 is 1. The van der Waals surface area contributed by atoms with Crippen LogP contribution in [0, 0.1) is 5.82 Å². The molecule has 7 heteroatoms. The third kappa shape index (κ3) is 5.68. The number of carbonyl (C=O) groups is 1. The van der Waals surface area contributed by atoms with Crippen molar-refractivity contribution < 1.29 is 28.5 Å². The lowest BCUT2D eigenvalue weighted by molar-refractivity contribution is 0.0710. The lowest BCUT2D eigenvalue weighted by Gasteiger charge is -2.21. The van der Waals surface area contributed by atoms with Crippen molar-refractivity contribution in [1.82, 2.24) is 4.90 Å². The Morgan fingerprint density at radius 3 is 2.66 bits per heavy atom. The van der Waals surface area contributed by atoms with Gasteiger partial charge in [-0.2, -0.15) is 0 Å². The summed E-state index contributed by atoms with van der Waals surface area (Å²) in [6.07, 6.45) is 0.108. The van der Waals surface area contributed by atoms with Gasteiger partial charge in [0, 0.05) is 19.6 Å². The largest absolute Gasteiger partial charge is 0.496 e. The molecular weight excluding hydrogens is 377 g/mol. The summed E-state index contributed by atoms with van der Waals surface area (Å²) in [5.74, 6) is 1.03. The highest BCUT2D eigenvalue weighted by Gasteiger charge is 2.26. The number of ether oxygens (including phenoxy) is 3. The first kappa shape index (κ1) is 21.1. The molecule has 1 fully saturated rings. The number of hydrogen-bond acceptors (Lipinski definition) is 6. The number of hydrogen-bond donors (Lipinski definition) is 1. The lowest BCUT2D eigenvalue weighted by atomic mass is 10.1. The van der Waals surface area contributed by atoms with Gasteiger partial charge in [0.15, 0.2) is 5.78 Å². The molecule has 29 heavy (non-hydrogen) atoms. The van der Waals surface area contributed by atoms with E-state index in [1.165, 1.54) is 26.2 Å². The van der Waals surface area contributed by atoms with Crippen LogP contribution in [0.3, 0.4) is 0 Å². The quantitative estimate of drug-likeness (QED) is 0.650. The molecule has 3 rings (SSSR count). The normalized spacial score (nSPS) is 17.7. The lowest BCUT2D eigenvalue weighted by Crippen LogP contribution is -2.35. The fourth-order valence-electron chi connectivity index (χ4n) is 3.45. The summed E-state index contributed by atoms with van der Waals surface area (Å²) in [7, 11) is 1.50. The molecule has 2 unspecified atom stereocenters. The molecule has 1 aliphatic rings. The van der Waals surface area contributed by atoms with Crippen LogP contribution in [0.2, 0.25) is 0 Å². The Hall–Kier alpha value is -2.64. The van der Waals surface area contributed by atoms with Gasteiger partial charge in [-0.3, -0.25) is 9.69 Å². The second-order valence-corrected chi connectivity index (χ2v) is 7.10. The molecule has 2 atom stereocenters. The number of benzene rings is 2. The molecule has 0 radical (unpaired) electrons. The standard InChI is InChI=1S/C22H26FNO5/c1-15(25)22-20(27-2)4-3-5-21(22)28-14-17(26)12-24-11-10-19(13-24)29-18-8-6-16(23)7-9-18/h3-9,17,19,26H,10-14H2,1-2H3. The van der Waals surface area contributed by atoms with Crippen molar-refractivity contribution >= 4 is 5.78 Å². The summed E-state index contributed by atoms with van der Waals surface area (Å²) < 4.78 is 29.8. The minimum Gasteiger partial charge on any atom is -0.496 e. The van der Waals surface area contributed by atoms with Crippen molar-refractivity contribution in [2.45, 2.75) is 25.6 Å². The SMILES string of the molecule is COc1cccc(OCC(O)CN2CCC(Oc3ccc(F)cc3)C2)c1C(C)=O. The van der Waals surface area contributed by atoms with Crippen molar-refractivity contribution in [2.75, 3.05) is 33.4 Å². The third-order valence-corrected chi connectivity index (χ3v) is 4.81. The van der Waals surface area contributed by atoms with E-state index in [1.54, 1.807) is 30.3 Å². The van der Waals surface area contributed by atoms with Crippen LogP contribution in [0.1, 0.15) is 23.7 Å². The highest BCUT2D eigenvalue weighted by Crippen LogP contribution is 2.29. The molecule has 0 bridgehead atoms. The van der Waals surface area contributed by atoms with Crippen LogP contribution >= 0.6 is 0 Å². The number of ketones is 1. The molecule has 1 N–H and O–H groups in total. The van der Waals surface area contributed by atoms with Gasteiger partial charge in [0.2, 0.25) is 0 Å². The number of aliphatic hydroxyl groups excluding tert-OH is 1. The molecule has 6 nitrogen and oxygen atoms in total. The maximum Gasteiger partial charge on any atom is 0.167 e. The fourth-order valence-corrected chi connectivity index (χ4v) is 3.45.